The summed E-state index contributed by atoms with van der Waals surface area (Å²) in [5.41, 5.74) is 0.156. The second-order valence-electron chi connectivity index (χ2n) is 3.13. The topological polar surface area (TPSA) is 32.3 Å². The lowest BCUT2D eigenvalue weighted by Gasteiger charge is -2.18. The monoisotopic (exact) mass is 220 g/mol. The van der Waals surface area contributed by atoms with Gasteiger partial charge in [-0.3, -0.25) is 0 Å². The number of nitrogens with zero attached hydrogens (tertiary/aromatic N) is 1. The van der Waals surface area contributed by atoms with E-state index in [1.54, 1.807) is 19.1 Å². The summed E-state index contributed by atoms with van der Waals surface area (Å²) in [5.74, 6) is 1.91. The number of hydrogen-bond acceptors (Lipinski definition) is 1. The summed E-state index contributed by atoms with van der Waals surface area (Å²) < 4.78 is 13.2. The fourth-order valence-electron chi connectivity index (χ4n) is 1.19. The fraction of sp³-hybridized carbons (Fsp3) is 0.250. The number of terminal acetylenes is 1. The molecule has 0 radical (unpaired) electrons. The van der Waals surface area contributed by atoms with E-state index in [0.29, 0.717) is 6.54 Å². The number of carbonyl (C=O) groups is 1. The third-order valence-corrected chi connectivity index (χ3v) is 2.07. The lowest BCUT2D eigenvalue weighted by molar-refractivity contribution is 0.220. The minimum absolute atomic E-state index is 0.156. The van der Waals surface area contributed by atoms with Gasteiger partial charge in [0.15, 0.2) is 0 Å². The maximum absolute atomic E-state index is 13.2. The van der Waals surface area contributed by atoms with Crippen molar-refractivity contribution in [2.45, 2.75) is 6.92 Å². The smallest absolute Gasteiger partial charge is 0.314 e. The van der Waals surface area contributed by atoms with Gasteiger partial charge in [0.2, 0.25) is 0 Å². The van der Waals surface area contributed by atoms with Gasteiger partial charge in [-0.05, 0) is 19.1 Å². The Kier molecular flexibility index (Phi) is 4.34. The molecule has 0 aromatic heterocycles. The van der Waals surface area contributed by atoms with Crippen LogP contribution in [0.15, 0.2) is 24.3 Å². The van der Waals surface area contributed by atoms with Crippen LogP contribution in [0, 0.1) is 18.2 Å². The van der Waals surface area contributed by atoms with Gasteiger partial charge in [-0.15, -0.1) is 6.42 Å². The van der Waals surface area contributed by atoms with Crippen LogP contribution in [0.4, 0.5) is 14.9 Å². The second-order valence-corrected chi connectivity index (χ2v) is 3.13. The molecule has 0 fully saturated rings. The molecule has 3 nitrogen and oxygen atoms in total. The number of hydrogen-bond donors (Lipinski definition) is 1. The van der Waals surface area contributed by atoms with Crippen LogP contribution >= 0.6 is 0 Å². The molecule has 4 heteroatoms. The number of urea groups is 1. The highest BCUT2D eigenvalue weighted by atomic mass is 19.1. The summed E-state index contributed by atoms with van der Waals surface area (Å²) in [6.07, 6.45) is 5.12. The number of para-hydroxylation sites is 1. The Morgan fingerprint density at radius 3 is 2.81 bits per heavy atom. The van der Waals surface area contributed by atoms with Crippen LogP contribution < -0.4 is 5.32 Å². The first-order chi connectivity index (χ1) is 7.69. The largest absolute Gasteiger partial charge is 0.322 e. The number of halogens is 1. The first-order valence-corrected chi connectivity index (χ1v) is 4.93. The molecule has 0 bridgehead atoms. The van der Waals surface area contributed by atoms with E-state index in [1.165, 1.54) is 17.0 Å². The normalized spacial score (nSPS) is 9.31. The van der Waals surface area contributed by atoms with Gasteiger partial charge in [-0.1, -0.05) is 18.1 Å². The molecule has 0 unspecified atom stereocenters. The molecular formula is C12H13FN2O. The fourth-order valence-corrected chi connectivity index (χ4v) is 1.19. The minimum atomic E-state index is -0.465. The Hall–Kier alpha value is -2.02. The van der Waals surface area contributed by atoms with E-state index >= 15 is 0 Å². The standard InChI is InChI=1S/C12H13FN2O/c1-3-9-15(4-2)12(16)14-11-8-6-5-7-10(11)13/h1,5-8H,4,9H2,2H3,(H,14,16). The summed E-state index contributed by atoms with van der Waals surface area (Å²) in [5, 5.41) is 2.46. The lowest BCUT2D eigenvalue weighted by Crippen LogP contribution is -2.35. The maximum Gasteiger partial charge on any atom is 0.322 e. The molecule has 0 saturated carbocycles. The highest BCUT2D eigenvalue weighted by Crippen LogP contribution is 2.12. The molecular weight excluding hydrogens is 207 g/mol. The van der Waals surface area contributed by atoms with E-state index in [1.807, 2.05) is 0 Å². The molecule has 2 amide bonds. The summed E-state index contributed by atoms with van der Waals surface area (Å²) in [6, 6.07) is 5.59. The molecule has 0 atom stereocenters. The van der Waals surface area contributed by atoms with Gasteiger partial charge < -0.3 is 10.2 Å². The van der Waals surface area contributed by atoms with E-state index in [4.69, 9.17) is 6.42 Å². The number of rotatable bonds is 3. The SMILES string of the molecule is C#CCN(CC)C(=O)Nc1ccccc1F. The first kappa shape index (κ1) is 12.1. The molecule has 1 N–H and O–H groups in total. The van der Waals surface area contributed by atoms with Crippen molar-refractivity contribution >= 4 is 11.7 Å². The van der Waals surface area contributed by atoms with Crippen LogP contribution in [0.5, 0.6) is 0 Å². The molecule has 1 aromatic carbocycles. The molecule has 0 aliphatic carbocycles. The molecule has 0 aliphatic rings. The van der Waals surface area contributed by atoms with Crippen LogP contribution in [0.3, 0.4) is 0 Å². The first-order valence-electron chi connectivity index (χ1n) is 4.93. The van der Waals surface area contributed by atoms with E-state index in [9.17, 15) is 9.18 Å². The average molecular weight is 220 g/mol. The van der Waals surface area contributed by atoms with Gasteiger partial charge in [-0.2, -0.15) is 0 Å². The molecule has 1 aromatic rings. The zero-order chi connectivity index (χ0) is 12.0. The molecule has 84 valence electrons. The van der Waals surface area contributed by atoms with Crippen molar-refractivity contribution < 1.29 is 9.18 Å². The lowest BCUT2D eigenvalue weighted by atomic mass is 10.3. The summed E-state index contributed by atoms with van der Waals surface area (Å²) in [6.45, 7) is 2.49. The molecule has 0 heterocycles. The van der Waals surface area contributed by atoms with E-state index < -0.39 is 11.8 Å². The van der Waals surface area contributed by atoms with Gasteiger partial charge in [-0.25, -0.2) is 9.18 Å². The van der Waals surface area contributed by atoms with E-state index in [-0.39, 0.29) is 12.2 Å². The predicted octanol–water partition coefficient (Wildman–Crippen LogP) is 2.31. The second kappa shape index (κ2) is 5.76. The third kappa shape index (κ3) is 2.99. The number of benzene rings is 1. The van der Waals surface area contributed by atoms with Crippen LogP contribution in [0.25, 0.3) is 0 Å². The number of anilines is 1. The zero-order valence-electron chi connectivity index (χ0n) is 9.03. The van der Waals surface area contributed by atoms with Crippen LogP contribution in [-0.4, -0.2) is 24.0 Å². The molecule has 0 spiro atoms. The Bertz CT molecular complexity index is 412. The highest BCUT2D eigenvalue weighted by molar-refractivity contribution is 5.89. The van der Waals surface area contributed by atoms with Crippen molar-refractivity contribution in [2.24, 2.45) is 0 Å². The summed E-state index contributed by atoms with van der Waals surface area (Å²) in [7, 11) is 0. The van der Waals surface area contributed by atoms with Gasteiger partial charge in [0.05, 0.1) is 12.2 Å². The maximum atomic E-state index is 13.2. The Morgan fingerprint density at radius 1 is 1.56 bits per heavy atom. The molecule has 1 rings (SSSR count). The van der Waals surface area contributed by atoms with Crippen molar-refractivity contribution in [3.63, 3.8) is 0 Å². The van der Waals surface area contributed by atoms with Crippen molar-refractivity contribution in [3.8, 4) is 12.3 Å². The van der Waals surface area contributed by atoms with Crippen LogP contribution in [0.2, 0.25) is 0 Å². The molecule has 0 aliphatic heterocycles. The van der Waals surface area contributed by atoms with Gasteiger partial charge in [0, 0.05) is 6.54 Å². The van der Waals surface area contributed by atoms with Crippen molar-refractivity contribution in [2.75, 3.05) is 18.4 Å². The Labute approximate surface area is 94.3 Å². The molecule has 0 saturated heterocycles. The van der Waals surface area contributed by atoms with Crippen LogP contribution in [-0.2, 0) is 0 Å². The summed E-state index contributed by atoms with van der Waals surface area (Å²) >= 11 is 0. The highest BCUT2D eigenvalue weighted by Gasteiger charge is 2.11. The quantitative estimate of drug-likeness (QED) is 0.779. The van der Waals surface area contributed by atoms with Gasteiger partial charge >= 0.3 is 6.03 Å². The average Bonchev–Trinajstić information content (AvgIpc) is 2.29. The van der Waals surface area contributed by atoms with E-state index in [0.717, 1.165) is 0 Å². The predicted molar refractivity (Wildman–Crippen MR) is 61.5 cm³/mol. The Morgan fingerprint density at radius 2 is 2.25 bits per heavy atom. The van der Waals surface area contributed by atoms with Crippen molar-refractivity contribution in [1.82, 2.24) is 4.90 Å². The van der Waals surface area contributed by atoms with Gasteiger partial charge in [0.25, 0.3) is 0 Å². The number of carbonyl (C=O) groups excluding carboxylic acids is 1. The van der Waals surface area contributed by atoms with Crippen molar-refractivity contribution in [3.05, 3.63) is 30.1 Å². The molecule has 16 heavy (non-hydrogen) atoms. The van der Waals surface area contributed by atoms with Crippen molar-refractivity contribution in [1.29, 1.82) is 0 Å². The number of amides is 2. The van der Waals surface area contributed by atoms with Gasteiger partial charge in [0.1, 0.15) is 5.82 Å². The summed E-state index contributed by atoms with van der Waals surface area (Å²) in [4.78, 5) is 13.0. The minimum Gasteiger partial charge on any atom is -0.314 e. The van der Waals surface area contributed by atoms with Crippen LogP contribution in [0.1, 0.15) is 6.92 Å². The number of nitrogens with one attached hydrogen (secondary N) is 1. The van der Waals surface area contributed by atoms with E-state index in [2.05, 4.69) is 11.2 Å². The third-order valence-electron chi connectivity index (χ3n) is 2.07. The zero-order valence-corrected chi connectivity index (χ0v) is 9.03. The Balaban J connectivity index is 2.71.